The number of carbonyl (C=O) groups is 1. The molecule has 0 unspecified atom stereocenters. The van der Waals surface area contributed by atoms with Gasteiger partial charge in [0.1, 0.15) is 31.3 Å². The third-order valence-electron chi connectivity index (χ3n) is 5.12. The molecule has 0 saturated carbocycles. The summed E-state index contributed by atoms with van der Waals surface area (Å²) < 4.78 is 16.7. The van der Waals surface area contributed by atoms with Crippen LogP contribution in [0.5, 0.6) is 11.5 Å². The van der Waals surface area contributed by atoms with Gasteiger partial charge in [0.25, 0.3) is 0 Å². The average Bonchev–Trinajstić information content (AvgIpc) is 2.85. The lowest BCUT2D eigenvalue weighted by Crippen LogP contribution is -2.12. The highest BCUT2D eigenvalue weighted by molar-refractivity contribution is 5.86. The van der Waals surface area contributed by atoms with Gasteiger partial charge in [0.05, 0.1) is 6.61 Å². The Kier molecular flexibility index (Phi) is 8.67. The van der Waals surface area contributed by atoms with Crippen molar-refractivity contribution in [2.75, 3.05) is 26.4 Å². The van der Waals surface area contributed by atoms with Crippen molar-refractivity contribution in [2.24, 2.45) is 0 Å². The molecule has 0 aliphatic carbocycles. The molecule has 0 aliphatic heterocycles. The minimum atomic E-state index is -0.442. The Balaban J connectivity index is 1.88. The predicted molar refractivity (Wildman–Crippen MR) is 131 cm³/mol. The lowest BCUT2D eigenvalue weighted by molar-refractivity contribution is -0.139. The van der Waals surface area contributed by atoms with Gasteiger partial charge in [-0.05, 0) is 47.7 Å². The van der Waals surface area contributed by atoms with Gasteiger partial charge in [0, 0.05) is 17.2 Å². The molecule has 0 spiro atoms. The van der Waals surface area contributed by atoms with Gasteiger partial charge in [-0.3, -0.25) is 0 Å². The molecule has 0 aliphatic rings. The molecule has 1 N–H and O–H groups in total. The van der Waals surface area contributed by atoms with E-state index in [4.69, 9.17) is 19.3 Å². The summed E-state index contributed by atoms with van der Waals surface area (Å²) >= 11 is 0. The molecule has 0 heterocycles. The third kappa shape index (κ3) is 6.46. The highest BCUT2D eigenvalue weighted by Gasteiger charge is 2.13. The third-order valence-corrected chi connectivity index (χ3v) is 5.12. The average molecular weight is 447 g/mol. The van der Waals surface area contributed by atoms with Crippen molar-refractivity contribution in [1.29, 1.82) is 0 Å². The Morgan fingerprint density at radius 1 is 0.879 bits per heavy atom. The predicted octanol–water partition coefficient (Wildman–Crippen LogP) is 5.45. The summed E-state index contributed by atoms with van der Waals surface area (Å²) in [5.41, 5.74) is 5.91. The van der Waals surface area contributed by atoms with Crippen LogP contribution in [0.15, 0.2) is 78.9 Å². The number of benzene rings is 3. The first-order chi connectivity index (χ1) is 16.0. The van der Waals surface area contributed by atoms with Crippen molar-refractivity contribution in [3.05, 3.63) is 84.4 Å². The number of carbonyl (C=O) groups excluding carboxylic acids is 1. The Labute approximate surface area is 195 Å². The van der Waals surface area contributed by atoms with Crippen molar-refractivity contribution < 1.29 is 24.1 Å². The summed E-state index contributed by atoms with van der Waals surface area (Å²) in [6.45, 7) is 7.75. The van der Waals surface area contributed by atoms with Crippen LogP contribution in [0.25, 0.3) is 22.3 Å². The molecule has 0 radical (unpaired) electrons. The Hall–Kier alpha value is -3.57. The normalized spacial score (nSPS) is 10.5. The molecule has 3 aromatic rings. The minimum Gasteiger partial charge on any atom is -0.491 e. The number of esters is 1. The van der Waals surface area contributed by atoms with Crippen molar-refractivity contribution in [2.45, 2.75) is 20.3 Å². The first-order valence-corrected chi connectivity index (χ1v) is 11.0. The van der Waals surface area contributed by atoms with E-state index in [9.17, 15) is 4.79 Å². The molecule has 0 saturated heterocycles. The van der Waals surface area contributed by atoms with Gasteiger partial charge in [0.2, 0.25) is 0 Å². The van der Waals surface area contributed by atoms with Gasteiger partial charge in [-0.25, -0.2) is 4.79 Å². The fourth-order valence-electron chi connectivity index (χ4n) is 3.48. The maximum absolute atomic E-state index is 11.6. The first kappa shape index (κ1) is 24.1. The van der Waals surface area contributed by atoms with Crippen molar-refractivity contribution >= 4 is 5.97 Å². The molecule has 0 fully saturated rings. The van der Waals surface area contributed by atoms with Crippen molar-refractivity contribution in [3.8, 4) is 33.8 Å². The molecule has 0 amide bonds. The maximum Gasteiger partial charge on any atom is 0.333 e. The van der Waals surface area contributed by atoms with Gasteiger partial charge in [-0.2, -0.15) is 0 Å². The van der Waals surface area contributed by atoms with Crippen LogP contribution in [0.1, 0.15) is 19.4 Å². The van der Waals surface area contributed by atoms with Gasteiger partial charge >= 0.3 is 5.97 Å². The van der Waals surface area contributed by atoms with E-state index in [1.807, 2.05) is 30.3 Å². The van der Waals surface area contributed by atoms with E-state index < -0.39 is 5.97 Å². The Bertz CT molecular complexity index is 1090. The van der Waals surface area contributed by atoms with Crippen LogP contribution in [-0.2, 0) is 16.0 Å². The van der Waals surface area contributed by atoms with Gasteiger partial charge in [0.15, 0.2) is 0 Å². The number of hydrogen-bond donors (Lipinski definition) is 1. The largest absolute Gasteiger partial charge is 0.491 e. The van der Waals surface area contributed by atoms with Crippen molar-refractivity contribution in [1.82, 2.24) is 0 Å². The maximum atomic E-state index is 11.6. The first-order valence-electron chi connectivity index (χ1n) is 11.0. The summed E-state index contributed by atoms with van der Waals surface area (Å²) in [7, 11) is 0. The van der Waals surface area contributed by atoms with Gasteiger partial charge in [-0.1, -0.05) is 62.0 Å². The van der Waals surface area contributed by atoms with E-state index in [-0.39, 0.29) is 26.4 Å². The van der Waals surface area contributed by atoms with Gasteiger partial charge in [-0.15, -0.1) is 0 Å². The second-order valence-electron chi connectivity index (χ2n) is 7.59. The Morgan fingerprint density at radius 3 is 2.33 bits per heavy atom. The minimum absolute atomic E-state index is 0.0738. The molecule has 33 heavy (non-hydrogen) atoms. The van der Waals surface area contributed by atoms with E-state index in [1.54, 1.807) is 13.0 Å². The number of ether oxygens (including phenoxy) is 3. The lowest BCUT2D eigenvalue weighted by atomic mass is 9.93. The van der Waals surface area contributed by atoms with E-state index >= 15 is 0 Å². The number of aliphatic hydroxyl groups excluding tert-OH is 1. The van der Waals surface area contributed by atoms with Crippen LogP contribution in [0.2, 0.25) is 0 Å². The van der Waals surface area contributed by atoms with E-state index in [1.165, 1.54) is 16.7 Å². The molecule has 172 valence electrons. The van der Waals surface area contributed by atoms with Crippen LogP contribution < -0.4 is 9.47 Å². The standard InChI is InChI=1S/C28H30O5/c1-4-21-18-23(10-12-25(21)22-8-6-5-7-9-22)26-13-11-24(31-15-14-29)19-27(26)32-16-17-33-28(30)20(2)3/h5-13,18-19,29H,2,4,14-17H2,1,3H3. The number of rotatable bonds is 11. The second-order valence-corrected chi connectivity index (χ2v) is 7.59. The topological polar surface area (TPSA) is 65.0 Å². The van der Waals surface area contributed by atoms with Crippen LogP contribution in [0.4, 0.5) is 0 Å². The molecule has 0 atom stereocenters. The quantitative estimate of drug-likeness (QED) is 0.241. The molecule has 3 rings (SSSR count). The summed E-state index contributed by atoms with van der Waals surface area (Å²) in [5.74, 6) is 0.771. The number of hydrogen-bond acceptors (Lipinski definition) is 5. The fourth-order valence-corrected chi connectivity index (χ4v) is 3.48. The zero-order chi connectivity index (χ0) is 23.6. The zero-order valence-corrected chi connectivity index (χ0v) is 19.2. The fraction of sp³-hybridized carbons (Fsp3) is 0.250. The monoisotopic (exact) mass is 446 g/mol. The highest BCUT2D eigenvalue weighted by atomic mass is 16.6. The van der Waals surface area contributed by atoms with Crippen LogP contribution in [0, 0.1) is 0 Å². The Morgan fingerprint density at radius 2 is 1.64 bits per heavy atom. The number of aryl methyl sites for hydroxylation is 1. The van der Waals surface area contributed by atoms with Crippen LogP contribution in [-0.4, -0.2) is 37.5 Å². The van der Waals surface area contributed by atoms with Gasteiger partial charge < -0.3 is 19.3 Å². The summed E-state index contributed by atoms with van der Waals surface area (Å²) in [5, 5.41) is 9.07. The SMILES string of the molecule is C=C(C)C(=O)OCCOc1cc(OCCO)ccc1-c1ccc(-c2ccccc2)c(CC)c1. The molecule has 0 bridgehead atoms. The highest BCUT2D eigenvalue weighted by Crippen LogP contribution is 2.36. The molecule has 5 nitrogen and oxygen atoms in total. The van der Waals surface area contributed by atoms with E-state index in [0.29, 0.717) is 17.1 Å². The van der Waals surface area contributed by atoms with Crippen LogP contribution >= 0.6 is 0 Å². The molecule has 0 aromatic heterocycles. The second kappa shape index (κ2) is 11.9. The smallest absolute Gasteiger partial charge is 0.333 e. The summed E-state index contributed by atoms with van der Waals surface area (Å²) in [4.78, 5) is 11.6. The summed E-state index contributed by atoms with van der Waals surface area (Å²) in [6, 6.07) is 22.3. The number of aliphatic hydroxyl groups is 1. The van der Waals surface area contributed by atoms with E-state index in [0.717, 1.165) is 17.5 Å². The lowest BCUT2D eigenvalue weighted by Gasteiger charge is -2.16. The van der Waals surface area contributed by atoms with Crippen molar-refractivity contribution in [3.63, 3.8) is 0 Å². The van der Waals surface area contributed by atoms with Crippen LogP contribution in [0.3, 0.4) is 0 Å². The van der Waals surface area contributed by atoms with E-state index in [2.05, 4.69) is 43.8 Å². The summed E-state index contributed by atoms with van der Waals surface area (Å²) in [6.07, 6.45) is 0.892. The molecular formula is C28H30O5. The molecular weight excluding hydrogens is 416 g/mol. The zero-order valence-electron chi connectivity index (χ0n) is 19.2. The molecule has 5 heteroatoms. The molecule has 3 aromatic carbocycles.